The SMILES string of the molecule is CCC(C)(C)COSc1ccc(C)cc1. The molecule has 0 saturated carbocycles. The number of hydrogen-bond donors (Lipinski definition) is 0. The summed E-state index contributed by atoms with van der Waals surface area (Å²) in [5, 5.41) is 0. The van der Waals surface area contributed by atoms with Gasteiger partial charge < -0.3 is 4.18 Å². The molecule has 1 aromatic carbocycles. The second kappa shape index (κ2) is 5.57. The minimum atomic E-state index is 0.275. The first-order chi connectivity index (χ1) is 7.03. The lowest BCUT2D eigenvalue weighted by molar-refractivity contribution is 0.200. The van der Waals surface area contributed by atoms with Crippen LogP contribution in [-0.2, 0) is 4.18 Å². The van der Waals surface area contributed by atoms with E-state index in [9.17, 15) is 0 Å². The number of aryl methyl sites for hydroxylation is 1. The second-order valence-corrected chi connectivity index (χ2v) is 5.55. The minimum Gasteiger partial charge on any atom is -0.310 e. The first-order valence-corrected chi connectivity index (χ1v) is 6.14. The third-order valence-electron chi connectivity index (χ3n) is 2.58. The van der Waals surface area contributed by atoms with Crippen LogP contribution in [0.3, 0.4) is 0 Å². The predicted octanol–water partition coefficient (Wildman–Crippen LogP) is 4.45. The van der Waals surface area contributed by atoms with Gasteiger partial charge in [-0.2, -0.15) is 0 Å². The zero-order valence-electron chi connectivity index (χ0n) is 10.0. The molecule has 1 nitrogen and oxygen atoms in total. The lowest BCUT2D eigenvalue weighted by Crippen LogP contribution is -2.15. The summed E-state index contributed by atoms with van der Waals surface area (Å²) in [6, 6.07) is 8.41. The molecule has 0 aliphatic rings. The average Bonchev–Trinajstić information content (AvgIpc) is 2.21. The van der Waals surface area contributed by atoms with Crippen molar-refractivity contribution in [1.29, 1.82) is 0 Å². The van der Waals surface area contributed by atoms with Gasteiger partial charge in [-0.1, -0.05) is 38.5 Å². The highest BCUT2D eigenvalue weighted by atomic mass is 32.2. The summed E-state index contributed by atoms with van der Waals surface area (Å²) in [5.74, 6) is 0. The third kappa shape index (κ3) is 4.72. The van der Waals surface area contributed by atoms with Gasteiger partial charge in [-0.05, 0) is 30.9 Å². The Kier molecular flexibility index (Phi) is 4.68. The first kappa shape index (κ1) is 12.6. The van der Waals surface area contributed by atoms with Crippen LogP contribution in [0.5, 0.6) is 0 Å². The van der Waals surface area contributed by atoms with Crippen LogP contribution in [0.1, 0.15) is 32.8 Å². The summed E-state index contributed by atoms with van der Waals surface area (Å²) in [7, 11) is 0. The maximum atomic E-state index is 5.63. The van der Waals surface area contributed by atoms with Gasteiger partial charge >= 0.3 is 0 Å². The lowest BCUT2D eigenvalue weighted by atomic mass is 9.92. The van der Waals surface area contributed by atoms with E-state index in [1.54, 1.807) is 0 Å². The van der Waals surface area contributed by atoms with Gasteiger partial charge in [0.05, 0.1) is 6.61 Å². The van der Waals surface area contributed by atoms with Gasteiger partial charge in [0, 0.05) is 16.9 Å². The van der Waals surface area contributed by atoms with Crippen molar-refractivity contribution in [3.05, 3.63) is 29.8 Å². The molecule has 84 valence electrons. The minimum absolute atomic E-state index is 0.275. The monoisotopic (exact) mass is 224 g/mol. The third-order valence-corrected chi connectivity index (χ3v) is 3.28. The van der Waals surface area contributed by atoms with Crippen LogP contribution in [0, 0.1) is 12.3 Å². The summed E-state index contributed by atoms with van der Waals surface area (Å²) in [4.78, 5) is 1.17. The summed E-state index contributed by atoms with van der Waals surface area (Å²) in [6.07, 6.45) is 1.14. The molecule has 0 amide bonds. The van der Waals surface area contributed by atoms with Crippen molar-refractivity contribution in [2.45, 2.75) is 39.0 Å². The van der Waals surface area contributed by atoms with Crippen LogP contribution in [-0.4, -0.2) is 6.61 Å². The molecule has 2 heteroatoms. The molecule has 0 atom stereocenters. The van der Waals surface area contributed by atoms with Crippen molar-refractivity contribution in [2.75, 3.05) is 6.61 Å². The van der Waals surface area contributed by atoms with E-state index in [0.29, 0.717) is 0 Å². The molecule has 0 bridgehead atoms. The largest absolute Gasteiger partial charge is 0.310 e. The lowest BCUT2D eigenvalue weighted by Gasteiger charge is -2.21. The van der Waals surface area contributed by atoms with Crippen molar-refractivity contribution in [1.82, 2.24) is 0 Å². The summed E-state index contributed by atoms with van der Waals surface area (Å²) in [6.45, 7) is 9.53. The Morgan fingerprint density at radius 2 is 1.80 bits per heavy atom. The van der Waals surface area contributed by atoms with E-state index in [4.69, 9.17) is 4.18 Å². The fourth-order valence-corrected chi connectivity index (χ4v) is 1.71. The van der Waals surface area contributed by atoms with Gasteiger partial charge in [-0.3, -0.25) is 0 Å². The second-order valence-electron chi connectivity index (χ2n) is 4.68. The molecule has 0 unspecified atom stereocenters. The van der Waals surface area contributed by atoms with E-state index in [0.717, 1.165) is 13.0 Å². The van der Waals surface area contributed by atoms with E-state index in [-0.39, 0.29) is 5.41 Å². The van der Waals surface area contributed by atoms with Gasteiger partial charge in [0.25, 0.3) is 0 Å². The Bertz CT molecular complexity index is 290. The van der Waals surface area contributed by atoms with Crippen LogP contribution >= 0.6 is 12.0 Å². The molecule has 1 aromatic rings. The molecule has 0 aliphatic heterocycles. The molecule has 0 aliphatic carbocycles. The normalized spacial score (nSPS) is 11.7. The highest BCUT2D eigenvalue weighted by molar-refractivity contribution is 7.94. The van der Waals surface area contributed by atoms with Crippen molar-refractivity contribution < 1.29 is 4.18 Å². The summed E-state index contributed by atoms with van der Waals surface area (Å²) in [5.41, 5.74) is 1.56. The average molecular weight is 224 g/mol. The van der Waals surface area contributed by atoms with E-state index in [2.05, 4.69) is 52.0 Å². The highest BCUT2D eigenvalue weighted by Gasteiger charge is 2.15. The smallest absolute Gasteiger partial charge is 0.0669 e. The maximum absolute atomic E-state index is 5.63. The van der Waals surface area contributed by atoms with Gasteiger partial charge in [0.1, 0.15) is 0 Å². The summed E-state index contributed by atoms with van der Waals surface area (Å²) >= 11 is 1.47. The van der Waals surface area contributed by atoms with Crippen molar-refractivity contribution in [3.8, 4) is 0 Å². The first-order valence-electron chi connectivity index (χ1n) is 5.40. The molecule has 0 spiro atoms. The van der Waals surface area contributed by atoms with E-state index in [1.165, 1.54) is 22.5 Å². The highest BCUT2D eigenvalue weighted by Crippen LogP contribution is 2.26. The van der Waals surface area contributed by atoms with Crippen LogP contribution in [0.25, 0.3) is 0 Å². The van der Waals surface area contributed by atoms with Crippen LogP contribution in [0.15, 0.2) is 29.2 Å². The molecular weight excluding hydrogens is 204 g/mol. The standard InChI is InChI=1S/C13H20OS/c1-5-13(3,4)10-14-15-12-8-6-11(2)7-9-12/h6-9H,5,10H2,1-4H3. The topological polar surface area (TPSA) is 9.23 Å². The fraction of sp³-hybridized carbons (Fsp3) is 0.538. The van der Waals surface area contributed by atoms with E-state index < -0.39 is 0 Å². The molecular formula is C13H20OS. The fourth-order valence-electron chi connectivity index (χ4n) is 0.953. The van der Waals surface area contributed by atoms with Crippen LogP contribution < -0.4 is 0 Å². The molecule has 0 heterocycles. The molecule has 0 N–H and O–H groups in total. The molecule has 0 aromatic heterocycles. The molecule has 0 saturated heterocycles. The molecule has 15 heavy (non-hydrogen) atoms. The zero-order chi connectivity index (χ0) is 11.3. The van der Waals surface area contributed by atoms with E-state index in [1.807, 2.05) is 0 Å². The van der Waals surface area contributed by atoms with Gasteiger partial charge in [0.15, 0.2) is 0 Å². The predicted molar refractivity (Wildman–Crippen MR) is 67.1 cm³/mol. The molecule has 0 fully saturated rings. The van der Waals surface area contributed by atoms with Crippen molar-refractivity contribution >= 4 is 12.0 Å². The van der Waals surface area contributed by atoms with Crippen molar-refractivity contribution in [2.24, 2.45) is 5.41 Å². The number of benzene rings is 1. The molecule has 0 radical (unpaired) electrons. The summed E-state index contributed by atoms with van der Waals surface area (Å²) < 4.78 is 5.63. The Morgan fingerprint density at radius 1 is 1.20 bits per heavy atom. The van der Waals surface area contributed by atoms with Crippen LogP contribution in [0.4, 0.5) is 0 Å². The number of hydrogen-bond acceptors (Lipinski definition) is 2. The van der Waals surface area contributed by atoms with E-state index >= 15 is 0 Å². The van der Waals surface area contributed by atoms with Crippen molar-refractivity contribution in [3.63, 3.8) is 0 Å². The van der Waals surface area contributed by atoms with Gasteiger partial charge in [-0.15, -0.1) is 0 Å². The quantitative estimate of drug-likeness (QED) is 0.683. The Hall–Kier alpha value is -0.470. The maximum Gasteiger partial charge on any atom is 0.0669 e. The van der Waals surface area contributed by atoms with Gasteiger partial charge in [0.2, 0.25) is 0 Å². The van der Waals surface area contributed by atoms with Gasteiger partial charge in [-0.25, -0.2) is 0 Å². The zero-order valence-corrected chi connectivity index (χ0v) is 10.9. The Morgan fingerprint density at radius 3 is 2.33 bits per heavy atom. The number of rotatable bonds is 5. The van der Waals surface area contributed by atoms with Crippen LogP contribution in [0.2, 0.25) is 0 Å². The molecule has 1 rings (SSSR count). The Balaban J connectivity index is 2.35. The Labute approximate surface area is 97.4 Å².